The molecule has 0 aliphatic carbocycles. The van der Waals surface area contributed by atoms with Gasteiger partial charge >= 0.3 is 0 Å². The number of nitrogens with two attached hydrogens (primary N) is 1. The molecule has 0 unspecified atom stereocenters. The van der Waals surface area contributed by atoms with Gasteiger partial charge in [-0.3, -0.25) is 0 Å². The molecule has 4 heteroatoms. The van der Waals surface area contributed by atoms with Gasteiger partial charge in [-0.25, -0.2) is 0 Å². The maximum absolute atomic E-state index is 5.86. The van der Waals surface area contributed by atoms with Gasteiger partial charge < -0.3 is 15.2 Å². The minimum Gasteiger partial charge on any atom is -0.496 e. The van der Waals surface area contributed by atoms with Crippen LogP contribution in [0, 0.1) is 0 Å². The van der Waals surface area contributed by atoms with Gasteiger partial charge in [0.2, 0.25) is 0 Å². The molecule has 0 saturated carbocycles. The fourth-order valence-corrected chi connectivity index (χ4v) is 2.73. The third-order valence-electron chi connectivity index (χ3n) is 2.47. The Kier molecular flexibility index (Phi) is 5.82. The summed E-state index contributed by atoms with van der Waals surface area (Å²) >= 11 is 1.77. The number of rotatable bonds is 6. The lowest BCUT2D eigenvalue weighted by atomic mass is 10.1. The number of thioether (sulfide) groups is 1. The van der Waals surface area contributed by atoms with Crippen LogP contribution in [-0.4, -0.2) is 25.5 Å². The van der Waals surface area contributed by atoms with Crippen molar-refractivity contribution < 1.29 is 9.47 Å². The highest BCUT2D eigenvalue weighted by molar-refractivity contribution is 8.00. The first-order valence-electron chi connectivity index (χ1n) is 6.15. The predicted octanol–water partition coefficient (Wildman–Crippen LogP) is 3.09. The summed E-state index contributed by atoms with van der Waals surface area (Å²) in [4.78, 5) is 1.11. The molecule has 3 nitrogen and oxygen atoms in total. The molecule has 0 radical (unpaired) electrons. The molecule has 0 amide bonds. The fraction of sp³-hybridized carbons (Fsp3) is 0.571. The van der Waals surface area contributed by atoms with Crippen molar-refractivity contribution in [1.29, 1.82) is 0 Å². The highest BCUT2D eigenvalue weighted by Crippen LogP contribution is 2.37. The molecular weight excluding hydrogens is 246 g/mol. The Morgan fingerprint density at radius 3 is 2.17 bits per heavy atom. The van der Waals surface area contributed by atoms with Gasteiger partial charge in [0.15, 0.2) is 0 Å². The molecular formula is C14H23NO2S. The molecule has 0 spiro atoms. The van der Waals surface area contributed by atoms with Crippen LogP contribution in [0.25, 0.3) is 0 Å². The largest absolute Gasteiger partial charge is 0.496 e. The van der Waals surface area contributed by atoms with Crippen LogP contribution in [-0.2, 0) is 6.42 Å². The highest BCUT2D eigenvalue weighted by Gasteiger charge is 2.13. The van der Waals surface area contributed by atoms with Crippen molar-refractivity contribution in [1.82, 2.24) is 0 Å². The highest BCUT2D eigenvalue weighted by atomic mass is 32.2. The lowest BCUT2D eigenvalue weighted by molar-refractivity contribution is 0.389. The van der Waals surface area contributed by atoms with E-state index in [0.717, 1.165) is 28.4 Å². The monoisotopic (exact) mass is 269 g/mol. The van der Waals surface area contributed by atoms with Crippen molar-refractivity contribution in [3.05, 3.63) is 17.7 Å². The zero-order chi connectivity index (χ0) is 13.7. The van der Waals surface area contributed by atoms with Crippen LogP contribution in [0.3, 0.4) is 0 Å². The first-order valence-corrected chi connectivity index (χ1v) is 7.03. The van der Waals surface area contributed by atoms with Gasteiger partial charge in [-0.05, 0) is 31.0 Å². The SMILES string of the molecule is COc1cc(SC(C)C)c(OC)cc1C[C@@H](C)N. The quantitative estimate of drug-likeness (QED) is 0.806. The minimum absolute atomic E-state index is 0.104. The van der Waals surface area contributed by atoms with E-state index in [1.807, 2.05) is 19.1 Å². The summed E-state index contributed by atoms with van der Waals surface area (Å²) < 4.78 is 10.9. The van der Waals surface area contributed by atoms with Gasteiger partial charge in [0, 0.05) is 11.3 Å². The average Bonchev–Trinajstić information content (AvgIpc) is 2.29. The molecule has 18 heavy (non-hydrogen) atoms. The molecule has 0 fully saturated rings. The average molecular weight is 269 g/mol. The molecule has 0 saturated heterocycles. The third-order valence-corrected chi connectivity index (χ3v) is 3.52. The molecule has 1 aromatic carbocycles. The maximum atomic E-state index is 5.86. The molecule has 0 aliphatic rings. The number of benzene rings is 1. The smallest absolute Gasteiger partial charge is 0.132 e. The maximum Gasteiger partial charge on any atom is 0.132 e. The summed E-state index contributed by atoms with van der Waals surface area (Å²) in [7, 11) is 3.39. The second-order valence-corrected chi connectivity index (χ2v) is 6.28. The Labute approximate surface area is 114 Å². The van der Waals surface area contributed by atoms with E-state index in [4.69, 9.17) is 15.2 Å². The van der Waals surface area contributed by atoms with Gasteiger partial charge in [0.25, 0.3) is 0 Å². The summed E-state index contributed by atoms with van der Waals surface area (Å²) in [5.41, 5.74) is 6.95. The van der Waals surface area contributed by atoms with E-state index in [1.54, 1.807) is 26.0 Å². The first-order chi connectivity index (χ1) is 8.47. The van der Waals surface area contributed by atoms with Crippen molar-refractivity contribution in [3.63, 3.8) is 0 Å². The molecule has 2 N–H and O–H groups in total. The minimum atomic E-state index is 0.104. The Bertz CT molecular complexity index is 354. The second-order valence-electron chi connectivity index (χ2n) is 4.66. The van der Waals surface area contributed by atoms with Crippen molar-refractivity contribution in [2.45, 2.75) is 43.4 Å². The fourth-order valence-electron chi connectivity index (χ4n) is 1.79. The number of hydrogen-bond donors (Lipinski definition) is 1. The molecule has 1 atom stereocenters. The van der Waals surface area contributed by atoms with Crippen LogP contribution >= 0.6 is 11.8 Å². The lowest BCUT2D eigenvalue weighted by Gasteiger charge is -2.16. The van der Waals surface area contributed by atoms with Crippen LogP contribution < -0.4 is 15.2 Å². The first kappa shape index (κ1) is 15.2. The van der Waals surface area contributed by atoms with Crippen molar-refractivity contribution in [2.75, 3.05) is 14.2 Å². The summed E-state index contributed by atoms with van der Waals surface area (Å²) in [5, 5.41) is 0.503. The standard InChI is InChI=1S/C14H23NO2S/c1-9(2)18-14-8-12(16-4)11(6-10(3)15)7-13(14)17-5/h7-10H,6,15H2,1-5H3/t10-/m1/s1. The second kappa shape index (κ2) is 6.90. The normalized spacial score (nSPS) is 12.6. The molecule has 102 valence electrons. The molecule has 0 aliphatic heterocycles. The van der Waals surface area contributed by atoms with Crippen LogP contribution in [0.5, 0.6) is 11.5 Å². The molecule has 1 aromatic rings. The van der Waals surface area contributed by atoms with Crippen molar-refractivity contribution >= 4 is 11.8 Å². The van der Waals surface area contributed by atoms with Crippen LogP contribution in [0.1, 0.15) is 26.3 Å². The zero-order valence-electron chi connectivity index (χ0n) is 11.8. The molecule has 0 bridgehead atoms. The van der Waals surface area contributed by atoms with Gasteiger partial charge in [-0.2, -0.15) is 0 Å². The third kappa shape index (κ3) is 4.10. The van der Waals surface area contributed by atoms with E-state index < -0.39 is 0 Å². The van der Waals surface area contributed by atoms with Gasteiger partial charge in [-0.1, -0.05) is 13.8 Å². The number of hydrogen-bond acceptors (Lipinski definition) is 4. The van der Waals surface area contributed by atoms with Crippen LogP contribution in [0.2, 0.25) is 0 Å². The zero-order valence-corrected chi connectivity index (χ0v) is 12.6. The lowest BCUT2D eigenvalue weighted by Crippen LogP contribution is -2.18. The number of methoxy groups -OCH3 is 2. The van der Waals surface area contributed by atoms with E-state index in [1.165, 1.54) is 0 Å². The summed E-state index contributed by atoms with van der Waals surface area (Å²) in [6.07, 6.45) is 0.784. The Hall–Kier alpha value is -0.870. The van der Waals surface area contributed by atoms with Crippen molar-refractivity contribution in [3.8, 4) is 11.5 Å². The van der Waals surface area contributed by atoms with Gasteiger partial charge in [-0.15, -0.1) is 11.8 Å². The molecule has 0 aromatic heterocycles. The van der Waals surface area contributed by atoms with E-state index in [9.17, 15) is 0 Å². The van der Waals surface area contributed by atoms with E-state index in [-0.39, 0.29) is 6.04 Å². The summed E-state index contributed by atoms with van der Waals surface area (Å²) in [6, 6.07) is 4.18. The topological polar surface area (TPSA) is 44.5 Å². The number of ether oxygens (including phenoxy) is 2. The Balaban J connectivity index is 3.14. The molecule has 1 rings (SSSR count). The van der Waals surface area contributed by atoms with E-state index >= 15 is 0 Å². The van der Waals surface area contributed by atoms with Gasteiger partial charge in [0.1, 0.15) is 11.5 Å². The van der Waals surface area contributed by atoms with Crippen molar-refractivity contribution in [2.24, 2.45) is 5.73 Å². The molecule has 0 heterocycles. The van der Waals surface area contributed by atoms with E-state index in [2.05, 4.69) is 13.8 Å². The summed E-state index contributed by atoms with van der Waals surface area (Å²) in [5.74, 6) is 1.78. The Morgan fingerprint density at radius 2 is 1.72 bits per heavy atom. The van der Waals surface area contributed by atoms with Gasteiger partial charge in [0.05, 0.1) is 19.1 Å². The summed E-state index contributed by atoms with van der Waals surface area (Å²) in [6.45, 7) is 6.31. The van der Waals surface area contributed by atoms with Crippen LogP contribution in [0.4, 0.5) is 0 Å². The van der Waals surface area contributed by atoms with E-state index in [0.29, 0.717) is 5.25 Å². The van der Waals surface area contributed by atoms with Crippen LogP contribution in [0.15, 0.2) is 17.0 Å². The predicted molar refractivity (Wildman–Crippen MR) is 77.9 cm³/mol. The Morgan fingerprint density at radius 1 is 1.11 bits per heavy atom.